The number of hydrogen-bond acceptors (Lipinski definition) is 4. The average molecular weight is 327 g/mol. The van der Waals surface area contributed by atoms with Gasteiger partial charge in [0.05, 0.1) is 33.3 Å². The molecular weight excluding hydrogens is 315 g/mol. The van der Waals surface area contributed by atoms with Crippen LogP contribution in [0.5, 0.6) is 0 Å². The minimum absolute atomic E-state index is 0.128. The fourth-order valence-corrected chi connectivity index (χ4v) is 2.48. The Bertz CT molecular complexity index is 627. The minimum Gasteiger partial charge on any atom is -0.394 e. The first-order chi connectivity index (χ1) is 10.0. The molecule has 21 heavy (non-hydrogen) atoms. The molecule has 1 unspecified atom stereocenters. The predicted octanol–water partition coefficient (Wildman–Crippen LogP) is 4.05. The summed E-state index contributed by atoms with van der Waals surface area (Å²) < 4.78 is 0. The number of anilines is 1. The van der Waals surface area contributed by atoms with E-state index in [4.69, 9.17) is 23.2 Å². The number of nitrogens with one attached hydrogen (secondary N) is 1. The molecule has 7 heteroatoms. The van der Waals surface area contributed by atoms with Crippen LogP contribution in [0.2, 0.25) is 10.0 Å². The molecule has 0 bridgehead atoms. The lowest BCUT2D eigenvalue weighted by atomic mass is 10.1. The van der Waals surface area contributed by atoms with Crippen LogP contribution in [-0.4, -0.2) is 16.6 Å². The van der Waals surface area contributed by atoms with E-state index in [0.29, 0.717) is 5.69 Å². The third kappa shape index (κ3) is 3.64. The maximum atomic E-state index is 10.7. The van der Waals surface area contributed by atoms with Gasteiger partial charge in [-0.3, -0.25) is 10.1 Å². The lowest BCUT2D eigenvalue weighted by molar-refractivity contribution is -0.384. The molecule has 5 nitrogen and oxygen atoms in total. The average Bonchev–Trinajstić information content (AvgIpc) is 2.47. The normalized spacial score (nSPS) is 12.0. The van der Waals surface area contributed by atoms with Gasteiger partial charge in [-0.15, -0.1) is 0 Å². The maximum absolute atomic E-state index is 10.7. The van der Waals surface area contributed by atoms with Crippen LogP contribution in [0.4, 0.5) is 11.4 Å². The highest BCUT2D eigenvalue weighted by atomic mass is 35.5. The summed E-state index contributed by atoms with van der Waals surface area (Å²) in [5.74, 6) is 0. The fourth-order valence-electron chi connectivity index (χ4n) is 1.90. The Labute approximate surface area is 131 Å². The largest absolute Gasteiger partial charge is 0.394 e. The fraction of sp³-hybridized carbons (Fsp3) is 0.143. The molecule has 0 aliphatic heterocycles. The van der Waals surface area contributed by atoms with Crippen LogP contribution >= 0.6 is 23.2 Å². The van der Waals surface area contributed by atoms with E-state index in [1.54, 1.807) is 0 Å². The molecule has 0 saturated carbocycles. The third-order valence-corrected chi connectivity index (χ3v) is 3.54. The smallest absolute Gasteiger partial charge is 0.272 e. The summed E-state index contributed by atoms with van der Waals surface area (Å²) >= 11 is 12.1. The van der Waals surface area contributed by atoms with E-state index in [-0.39, 0.29) is 22.3 Å². The number of hydrogen-bond donors (Lipinski definition) is 2. The Balaban J connectivity index is 2.32. The van der Waals surface area contributed by atoms with Gasteiger partial charge in [-0.2, -0.15) is 0 Å². The van der Waals surface area contributed by atoms with Crippen LogP contribution in [0.1, 0.15) is 11.6 Å². The number of nitro groups is 1. The van der Waals surface area contributed by atoms with E-state index in [0.717, 1.165) is 5.56 Å². The molecule has 0 aromatic heterocycles. The van der Waals surface area contributed by atoms with E-state index in [1.165, 1.54) is 12.1 Å². The summed E-state index contributed by atoms with van der Waals surface area (Å²) in [6.07, 6.45) is 0. The first kappa shape index (κ1) is 15.6. The number of non-ortho nitro benzene ring substituents is 1. The number of aliphatic hydroxyl groups excluding tert-OH is 1. The van der Waals surface area contributed by atoms with E-state index in [1.807, 2.05) is 30.3 Å². The number of aliphatic hydroxyl groups is 1. The van der Waals surface area contributed by atoms with Gasteiger partial charge >= 0.3 is 0 Å². The first-order valence-electron chi connectivity index (χ1n) is 6.08. The van der Waals surface area contributed by atoms with Gasteiger partial charge in [-0.05, 0) is 5.56 Å². The van der Waals surface area contributed by atoms with Gasteiger partial charge in [0.1, 0.15) is 0 Å². The lowest BCUT2D eigenvalue weighted by Gasteiger charge is -2.19. The van der Waals surface area contributed by atoms with Crippen LogP contribution in [0.15, 0.2) is 42.5 Å². The molecule has 1 atom stereocenters. The Morgan fingerprint density at radius 3 is 2.24 bits per heavy atom. The molecule has 2 rings (SSSR count). The highest BCUT2D eigenvalue weighted by Gasteiger charge is 2.18. The third-order valence-electron chi connectivity index (χ3n) is 2.94. The quantitative estimate of drug-likeness (QED) is 0.642. The zero-order valence-electron chi connectivity index (χ0n) is 10.8. The van der Waals surface area contributed by atoms with E-state index in [2.05, 4.69) is 5.32 Å². The standard InChI is InChI=1S/C14H12Cl2N2O3/c15-11-6-10(18(20)21)7-12(16)14(11)17-13(8-19)9-4-2-1-3-5-9/h1-7,13,17,19H,8H2. The van der Waals surface area contributed by atoms with E-state index >= 15 is 0 Å². The van der Waals surface area contributed by atoms with E-state index in [9.17, 15) is 15.2 Å². The highest BCUT2D eigenvalue weighted by Crippen LogP contribution is 2.36. The molecule has 0 fully saturated rings. The van der Waals surface area contributed by atoms with Crippen LogP contribution in [0.3, 0.4) is 0 Å². The molecular formula is C14H12Cl2N2O3. The number of nitro benzene ring substituents is 1. The molecule has 2 aromatic rings. The van der Waals surface area contributed by atoms with Gasteiger partial charge in [0, 0.05) is 12.1 Å². The zero-order chi connectivity index (χ0) is 15.4. The second-order valence-corrected chi connectivity index (χ2v) is 5.15. The maximum Gasteiger partial charge on any atom is 0.272 e. The summed E-state index contributed by atoms with van der Waals surface area (Å²) in [6.45, 7) is -0.173. The topological polar surface area (TPSA) is 75.4 Å². The van der Waals surface area contributed by atoms with Crippen LogP contribution in [0.25, 0.3) is 0 Å². The van der Waals surface area contributed by atoms with Crippen molar-refractivity contribution in [3.8, 4) is 0 Å². The van der Waals surface area contributed by atoms with E-state index < -0.39 is 11.0 Å². The second-order valence-electron chi connectivity index (χ2n) is 4.33. The van der Waals surface area contributed by atoms with Gasteiger partial charge in [0.15, 0.2) is 0 Å². The number of halogens is 2. The van der Waals surface area contributed by atoms with Crippen molar-refractivity contribution in [3.05, 3.63) is 68.2 Å². The van der Waals surface area contributed by atoms with Crippen molar-refractivity contribution >= 4 is 34.6 Å². The first-order valence-corrected chi connectivity index (χ1v) is 6.84. The molecule has 0 radical (unpaired) electrons. The Kier molecular flexibility index (Phi) is 5.01. The van der Waals surface area contributed by atoms with Crippen molar-refractivity contribution < 1.29 is 10.0 Å². The molecule has 110 valence electrons. The Morgan fingerprint density at radius 2 is 1.76 bits per heavy atom. The van der Waals surface area contributed by atoms with Crippen molar-refractivity contribution in [2.24, 2.45) is 0 Å². The number of benzene rings is 2. The van der Waals surface area contributed by atoms with Gasteiger partial charge in [0.2, 0.25) is 0 Å². The molecule has 0 aliphatic carbocycles. The van der Waals surface area contributed by atoms with Gasteiger partial charge in [-0.1, -0.05) is 53.5 Å². The summed E-state index contributed by atoms with van der Waals surface area (Å²) in [5.41, 5.74) is 1.02. The highest BCUT2D eigenvalue weighted by molar-refractivity contribution is 6.39. The molecule has 2 aromatic carbocycles. The summed E-state index contributed by atoms with van der Waals surface area (Å²) in [6, 6.07) is 11.3. The predicted molar refractivity (Wildman–Crippen MR) is 83.0 cm³/mol. The SMILES string of the molecule is O=[N+]([O-])c1cc(Cl)c(NC(CO)c2ccccc2)c(Cl)c1. The van der Waals surface area contributed by atoms with Crippen molar-refractivity contribution in [1.82, 2.24) is 0 Å². The summed E-state index contributed by atoms with van der Waals surface area (Å²) in [5, 5.41) is 23.5. The summed E-state index contributed by atoms with van der Waals surface area (Å²) in [4.78, 5) is 10.2. The lowest BCUT2D eigenvalue weighted by Crippen LogP contribution is -2.15. The molecule has 0 amide bonds. The second kappa shape index (κ2) is 6.76. The van der Waals surface area contributed by atoms with Crippen LogP contribution in [0, 0.1) is 10.1 Å². The van der Waals surface area contributed by atoms with Gasteiger partial charge in [0.25, 0.3) is 5.69 Å². The molecule has 0 saturated heterocycles. The van der Waals surface area contributed by atoms with Gasteiger partial charge in [-0.25, -0.2) is 0 Å². The van der Waals surface area contributed by atoms with Crippen LogP contribution < -0.4 is 5.32 Å². The van der Waals surface area contributed by atoms with Gasteiger partial charge < -0.3 is 10.4 Å². The minimum atomic E-state index is -0.567. The molecule has 0 spiro atoms. The monoisotopic (exact) mass is 326 g/mol. The molecule has 0 aliphatic rings. The van der Waals surface area contributed by atoms with Crippen LogP contribution in [-0.2, 0) is 0 Å². The summed E-state index contributed by atoms with van der Waals surface area (Å²) in [7, 11) is 0. The number of rotatable bonds is 5. The van der Waals surface area contributed by atoms with Crippen molar-refractivity contribution in [2.75, 3.05) is 11.9 Å². The number of nitrogens with zero attached hydrogens (tertiary/aromatic N) is 1. The molecule has 0 heterocycles. The van der Waals surface area contributed by atoms with Crippen molar-refractivity contribution in [3.63, 3.8) is 0 Å². The Morgan fingerprint density at radius 1 is 1.19 bits per heavy atom. The van der Waals surface area contributed by atoms with Crippen molar-refractivity contribution in [1.29, 1.82) is 0 Å². The molecule has 2 N–H and O–H groups in total. The zero-order valence-corrected chi connectivity index (χ0v) is 12.3. The Hall–Kier alpha value is -1.82. The van der Waals surface area contributed by atoms with Crippen molar-refractivity contribution in [2.45, 2.75) is 6.04 Å².